The summed E-state index contributed by atoms with van der Waals surface area (Å²) in [5.41, 5.74) is 16.2. The molecule has 0 aromatic rings. The molecule has 0 radical (unpaired) electrons. The number of nitrogens with two attached hydrogens (primary N) is 3. The molecular formula is C19H35N7O7. The standard InChI is InChI=1S/C19H35N7O7/c1-9(2)7-12(16(30)24-10(3)18(32)33)26-17(31)13(8-14(27)28)25-15(29)11(20)5-4-6-23-19(21)22/h9-13H,4-8,20H2,1-3H3,(H,24,30)(H,25,29)(H,26,31)(H,27,28)(H,32,33)(H4,21,22,23). The van der Waals surface area contributed by atoms with Crippen LogP contribution in [0.25, 0.3) is 0 Å². The molecule has 0 aliphatic carbocycles. The number of guanidine groups is 1. The van der Waals surface area contributed by atoms with Gasteiger partial charge in [-0.15, -0.1) is 0 Å². The van der Waals surface area contributed by atoms with Gasteiger partial charge in [0.25, 0.3) is 0 Å². The monoisotopic (exact) mass is 473 g/mol. The second-order valence-corrected chi connectivity index (χ2v) is 7.97. The summed E-state index contributed by atoms with van der Waals surface area (Å²) in [6, 6.07) is -4.89. The van der Waals surface area contributed by atoms with E-state index in [0.717, 1.165) is 0 Å². The number of amides is 3. The number of hydrogen-bond donors (Lipinski definition) is 8. The quantitative estimate of drug-likeness (QED) is 0.0701. The van der Waals surface area contributed by atoms with Crippen LogP contribution in [0.5, 0.6) is 0 Å². The van der Waals surface area contributed by atoms with Gasteiger partial charge in [-0.2, -0.15) is 0 Å². The molecule has 0 bridgehead atoms. The van der Waals surface area contributed by atoms with E-state index in [0.29, 0.717) is 6.42 Å². The summed E-state index contributed by atoms with van der Waals surface area (Å²) in [5.74, 6) is -5.21. The molecule has 33 heavy (non-hydrogen) atoms. The highest BCUT2D eigenvalue weighted by molar-refractivity contribution is 5.95. The van der Waals surface area contributed by atoms with Crippen molar-refractivity contribution in [1.82, 2.24) is 16.0 Å². The molecule has 0 aromatic carbocycles. The zero-order chi connectivity index (χ0) is 25.7. The van der Waals surface area contributed by atoms with E-state index in [1.54, 1.807) is 13.8 Å². The summed E-state index contributed by atoms with van der Waals surface area (Å²) in [6.45, 7) is 5.06. The van der Waals surface area contributed by atoms with Crippen LogP contribution in [0.15, 0.2) is 4.99 Å². The van der Waals surface area contributed by atoms with Crippen molar-refractivity contribution in [3.63, 3.8) is 0 Å². The molecule has 14 heteroatoms. The molecule has 0 heterocycles. The SMILES string of the molecule is CC(C)CC(NC(=O)C(CC(=O)O)NC(=O)C(N)CCCN=C(N)N)C(=O)NC(C)C(=O)O. The van der Waals surface area contributed by atoms with Crippen LogP contribution in [-0.2, 0) is 24.0 Å². The number of carbonyl (C=O) groups excluding carboxylic acids is 3. The van der Waals surface area contributed by atoms with Gasteiger partial charge in [0.2, 0.25) is 17.7 Å². The lowest BCUT2D eigenvalue weighted by molar-refractivity contribution is -0.143. The molecule has 0 aliphatic rings. The fourth-order valence-corrected chi connectivity index (χ4v) is 2.66. The van der Waals surface area contributed by atoms with E-state index in [9.17, 15) is 24.0 Å². The van der Waals surface area contributed by atoms with Crippen LogP contribution in [0.1, 0.15) is 46.5 Å². The molecular weight excluding hydrogens is 438 g/mol. The molecule has 188 valence electrons. The van der Waals surface area contributed by atoms with Gasteiger partial charge in [0.15, 0.2) is 5.96 Å². The largest absolute Gasteiger partial charge is 0.481 e. The molecule has 0 fully saturated rings. The van der Waals surface area contributed by atoms with Gasteiger partial charge in [-0.1, -0.05) is 13.8 Å². The second kappa shape index (κ2) is 14.6. The van der Waals surface area contributed by atoms with E-state index in [4.69, 9.17) is 27.4 Å². The van der Waals surface area contributed by atoms with E-state index in [1.165, 1.54) is 6.92 Å². The third-order valence-corrected chi connectivity index (χ3v) is 4.39. The summed E-state index contributed by atoms with van der Waals surface area (Å²) in [7, 11) is 0. The van der Waals surface area contributed by atoms with Gasteiger partial charge in [0.1, 0.15) is 18.1 Å². The van der Waals surface area contributed by atoms with Gasteiger partial charge in [-0.05, 0) is 32.1 Å². The highest BCUT2D eigenvalue weighted by Crippen LogP contribution is 2.07. The minimum absolute atomic E-state index is 0.0627. The molecule has 3 amide bonds. The number of nitrogens with zero attached hydrogens (tertiary/aromatic N) is 1. The molecule has 4 atom stereocenters. The Morgan fingerprint density at radius 2 is 1.42 bits per heavy atom. The van der Waals surface area contributed by atoms with Gasteiger partial charge < -0.3 is 43.4 Å². The van der Waals surface area contributed by atoms with Gasteiger partial charge in [0, 0.05) is 6.54 Å². The van der Waals surface area contributed by atoms with Crippen molar-refractivity contribution in [3.05, 3.63) is 0 Å². The third-order valence-electron chi connectivity index (χ3n) is 4.39. The highest BCUT2D eigenvalue weighted by Gasteiger charge is 2.31. The Morgan fingerprint density at radius 1 is 0.879 bits per heavy atom. The molecule has 14 nitrogen and oxygen atoms in total. The Labute approximate surface area is 191 Å². The first-order chi connectivity index (χ1) is 15.2. The molecule has 0 aromatic heterocycles. The lowest BCUT2D eigenvalue weighted by Gasteiger charge is -2.25. The number of rotatable bonds is 15. The van der Waals surface area contributed by atoms with E-state index in [2.05, 4.69) is 20.9 Å². The van der Waals surface area contributed by atoms with Crippen LogP contribution in [0.4, 0.5) is 0 Å². The zero-order valence-electron chi connectivity index (χ0n) is 19.0. The van der Waals surface area contributed by atoms with Crippen molar-refractivity contribution in [1.29, 1.82) is 0 Å². The topological polar surface area (TPSA) is 252 Å². The van der Waals surface area contributed by atoms with Crippen LogP contribution < -0.4 is 33.2 Å². The zero-order valence-corrected chi connectivity index (χ0v) is 19.0. The van der Waals surface area contributed by atoms with Crippen molar-refractivity contribution in [3.8, 4) is 0 Å². The van der Waals surface area contributed by atoms with E-state index < -0.39 is 60.2 Å². The predicted octanol–water partition coefficient (Wildman–Crippen LogP) is -2.55. The number of carbonyl (C=O) groups is 5. The minimum atomic E-state index is -1.50. The molecule has 0 saturated carbocycles. The number of aliphatic carboxylic acids is 2. The summed E-state index contributed by atoms with van der Waals surface area (Å²) < 4.78 is 0. The van der Waals surface area contributed by atoms with Crippen LogP contribution in [0.2, 0.25) is 0 Å². The first-order valence-corrected chi connectivity index (χ1v) is 10.4. The highest BCUT2D eigenvalue weighted by atomic mass is 16.4. The van der Waals surface area contributed by atoms with Crippen LogP contribution in [0.3, 0.4) is 0 Å². The predicted molar refractivity (Wildman–Crippen MR) is 119 cm³/mol. The summed E-state index contributed by atoms with van der Waals surface area (Å²) >= 11 is 0. The fourth-order valence-electron chi connectivity index (χ4n) is 2.66. The summed E-state index contributed by atoms with van der Waals surface area (Å²) in [4.78, 5) is 63.5. The lowest BCUT2D eigenvalue weighted by atomic mass is 10.0. The van der Waals surface area contributed by atoms with E-state index >= 15 is 0 Å². The first kappa shape index (κ1) is 29.6. The molecule has 4 unspecified atom stereocenters. The minimum Gasteiger partial charge on any atom is -0.481 e. The Hall–Kier alpha value is -3.42. The maximum absolute atomic E-state index is 12.7. The maximum Gasteiger partial charge on any atom is 0.325 e. The van der Waals surface area contributed by atoms with Gasteiger partial charge in [0.05, 0.1) is 12.5 Å². The smallest absolute Gasteiger partial charge is 0.325 e. The molecule has 0 spiro atoms. The van der Waals surface area contributed by atoms with Crippen LogP contribution in [0, 0.1) is 5.92 Å². The Kier molecular flexibility index (Phi) is 13.1. The number of aliphatic imine (C=N–C) groups is 1. The van der Waals surface area contributed by atoms with Gasteiger partial charge >= 0.3 is 11.9 Å². The lowest BCUT2D eigenvalue weighted by Crippen LogP contribution is -2.57. The second-order valence-electron chi connectivity index (χ2n) is 7.97. The molecule has 11 N–H and O–H groups in total. The Bertz CT molecular complexity index is 738. The number of hydrogen-bond acceptors (Lipinski definition) is 7. The Balaban J connectivity index is 5.26. The van der Waals surface area contributed by atoms with Crippen LogP contribution >= 0.6 is 0 Å². The summed E-state index contributed by atoms with van der Waals surface area (Å²) in [5, 5.41) is 25.1. The first-order valence-electron chi connectivity index (χ1n) is 10.4. The summed E-state index contributed by atoms with van der Waals surface area (Å²) in [6.07, 6.45) is -0.0437. The normalized spacial score (nSPS) is 14.3. The molecule has 0 aliphatic heterocycles. The van der Waals surface area contributed by atoms with Crippen molar-refractivity contribution in [2.45, 2.75) is 70.6 Å². The van der Waals surface area contributed by atoms with Crippen LogP contribution in [-0.4, -0.2) is 76.5 Å². The maximum atomic E-state index is 12.7. The Morgan fingerprint density at radius 3 is 1.91 bits per heavy atom. The van der Waals surface area contributed by atoms with Crippen molar-refractivity contribution >= 4 is 35.6 Å². The fraction of sp³-hybridized carbons (Fsp3) is 0.684. The van der Waals surface area contributed by atoms with Crippen molar-refractivity contribution < 1.29 is 34.2 Å². The average Bonchev–Trinajstić information content (AvgIpc) is 2.68. The third kappa shape index (κ3) is 12.9. The van der Waals surface area contributed by atoms with Gasteiger partial charge in [-0.3, -0.25) is 29.0 Å². The van der Waals surface area contributed by atoms with E-state index in [1.807, 2.05) is 0 Å². The average molecular weight is 474 g/mol. The van der Waals surface area contributed by atoms with E-state index in [-0.39, 0.29) is 31.3 Å². The van der Waals surface area contributed by atoms with Crippen molar-refractivity contribution in [2.75, 3.05) is 6.54 Å². The molecule has 0 rings (SSSR count). The number of carboxylic acid groups (broad SMARTS) is 2. The van der Waals surface area contributed by atoms with Gasteiger partial charge in [-0.25, -0.2) is 0 Å². The number of nitrogens with one attached hydrogen (secondary N) is 3. The number of carboxylic acids is 2. The molecule has 0 saturated heterocycles. The van der Waals surface area contributed by atoms with Crippen molar-refractivity contribution in [2.24, 2.45) is 28.1 Å².